The highest BCUT2D eigenvalue weighted by Crippen LogP contribution is 2.14. The Morgan fingerprint density at radius 1 is 1.23 bits per heavy atom. The van der Waals surface area contributed by atoms with E-state index in [0.29, 0.717) is 24.8 Å². The molecule has 1 aromatic rings. The van der Waals surface area contributed by atoms with Crippen LogP contribution in [0, 0.1) is 11.7 Å². The van der Waals surface area contributed by atoms with Crippen LogP contribution in [-0.2, 0) is 9.47 Å². The first-order valence-corrected chi connectivity index (χ1v) is 9.26. The molecule has 146 valence electrons. The lowest BCUT2D eigenvalue weighted by atomic mass is 10.0. The van der Waals surface area contributed by atoms with Crippen LogP contribution in [-0.4, -0.2) is 59.1 Å². The molecular formula is C19H30FN3O3. The molecule has 1 aliphatic heterocycles. The van der Waals surface area contributed by atoms with Crippen LogP contribution in [0.1, 0.15) is 19.3 Å². The van der Waals surface area contributed by atoms with Crippen LogP contribution in [0.4, 0.5) is 4.39 Å². The number of guanidine groups is 1. The third-order valence-corrected chi connectivity index (χ3v) is 4.14. The topological polar surface area (TPSA) is 64.1 Å². The van der Waals surface area contributed by atoms with Crippen LogP contribution in [0.15, 0.2) is 29.3 Å². The van der Waals surface area contributed by atoms with E-state index in [2.05, 4.69) is 15.6 Å². The monoisotopic (exact) mass is 367 g/mol. The number of hydrogen-bond acceptors (Lipinski definition) is 4. The minimum absolute atomic E-state index is 0.299. The smallest absolute Gasteiger partial charge is 0.191 e. The van der Waals surface area contributed by atoms with E-state index in [-0.39, 0.29) is 5.82 Å². The van der Waals surface area contributed by atoms with E-state index in [4.69, 9.17) is 14.2 Å². The quantitative estimate of drug-likeness (QED) is 0.377. The number of ether oxygens (including phenoxy) is 3. The van der Waals surface area contributed by atoms with Gasteiger partial charge in [-0.1, -0.05) is 6.07 Å². The summed E-state index contributed by atoms with van der Waals surface area (Å²) in [5, 5.41) is 6.40. The third-order valence-electron chi connectivity index (χ3n) is 4.14. The van der Waals surface area contributed by atoms with E-state index >= 15 is 0 Å². The molecule has 0 amide bonds. The van der Waals surface area contributed by atoms with Crippen molar-refractivity contribution in [1.82, 2.24) is 10.6 Å². The molecule has 26 heavy (non-hydrogen) atoms. The predicted molar refractivity (Wildman–Crippen MR) is 100 cm³/mol. The van der Waals surface area contributed by atoms with Crippen LogP contribution in [0.5, 0.6) is 5.75 Å². The summed E-state index contributed by atoms with van der Waals surface area (Å²) in [6, 6.07) is 6.12. The summed E-state index contributed by atoms with van der Waals surface area (Å²) in [5.74, 6) is 1.59. The summed E-state index contributed by atoms with van der Waals surface area (Å²) < 4.78 is 29.6. The minimum atomic E-state index is -0.299. The van der Waals surface area contributed by atoms with Gasteiger partial charge in [0.05, 0.1) is 6.54 Å². The first-order chi connectivity index (χ1) is 12.8. The fourth-order valence-electron chi connectivity index (χ4n) is 2.66. The molecule has 1 aromatic carbocycles. The second-order valence-electron chi connectivity index (χ2n) is 6.22. The molecule has 0 bridgehead atoms. The molecule has 0 unspecified atom stereocenters. The van der Waals surface area contributed by atoms with Gasteiger partial charge in [-0.25, -0.2) is 4.39 Å². The van der Waals surface area contributed by atoms with Crippen molar-refractivity contribution in [3.63, 3.8) is 0 Å². The normalized spacial score (nSPS) is 15.7. The maximum atomic E-state index is 13.1. The Morgan fingerprint density at radius 3 is 2.81 bits per heavy atom. The molecule has 0 radical (unpaired) electrons. The fraction of sp³-hybridized carbons (Fsp3) is 0.632. The molecule has 6 nitrogen and oxygen atoms in total. The van der Waals surface area contributed by atoms with Crippen molar-refractivity contribution in [2.24, 2.45) is 10.9 Å². The van der Waals surface area contributed by atoms with Crippen molar-refractivity contribution >= 4 is 5.96 Å². The van der Waals surface area contributed by atoms with Gasteiger partial charge in [0.2, 0.25) is 0 Å². The Kier molecular flexibility index (Phi) is 9.82. The Balaban J connectivity index is 1.47. The number of nitrogens with zero attached hydrogens (tertiary/aromatic N) is 1. The number of nitrogens with one attached hydrogen (secondary N) is 2. The highest BCUT2D eigenvalue weighted by atomic mass is 19.1. The fourth-order valence-corrected chi connectivity index (χ4v) is 2.66. The first kappa shape index (κ1) is 20.5. The molecule has 1 saturated heterocycles. The lowest BCUT2D eigenvalue weighted by molar-refractivity contribution is 0.0203. The van der Waals surface area contributed by atoms with Gasteiger partial charge in [0.1, 0.15) is 18.2 Å². The summed E-state index contributed by atoms with van der Waals surface area (Å²) in [4.78, 5) is 4.16. The van der Waals surface area contributed by atoms with E-state index in [1.807, 2.05) is 0 Å². The van der Waals surface area contributed by atoms with Crippen LogP contribution < -0.4 is 15.4 Å². The van der Waals surface area contributed by atoms with Gasteiger partial charge in [0.25, 0.3) is 0 Å². The summed E-state index contributed by atoms with van der Waals surface area (Å²) >= 11 is 0. The summed E-state index contributed by atoms with van der Waals surface area (Å²) in [5.41, 5.74) is 0. The average molecular weight is 367 g/mol. The lowest BCUT2D eigenvalue weighted by Gasteiger charge is -2.21. The van der Waals surface area contributed by atoms with Crippen molar-refractivity contribution in [2.75, 3.05) is 53.2 Å². The highest BCUT2D eigenvalue weighted by Gasteiger charge is 2.13. The SMILES string of the molecule is CN=C(NCCCOCC1CCOCC1)NCCOc1cccc(F)c1. The van der Waals surface area contributed by atoms with Gasteiger partial charge in [-0.05, 0) is 37.3 Å². The van der Waals surface area contributed by atoms with Gasteiger partial charge < -0.3 is 24.8 Å². The van der Waals surface area contributed by atoms with E-state index in [1.54, 1.807) is 19.2 Å². The molecule has 0 aromatic heterocycles. The maximum absolute atomic E-state index is 13.1. The van der Waals surface area contributed by atoms with Crippen LogP contribution >= 0.6 is 0 Å². The minimum Gasteiger partial charge on any atom is -0.492 e. The van der Waals surface area contributed by atoms with Crippen molar-refractivity contribution in [2.45, 2.75) is 19.3 Å². The van der Waals surface area contributed by atoms with E-state index in [1.165, 1.54) is 12.1 Å². The molecule has 0 saturated carbocycles. The molecule has 0 aliphatic carbocycles. The number of benzene rings is 1. The maximum Gasteiger partial charge on any atom is 0.191 e. The van der Waals surface area contributed by atoms with Gasteiger partial charge in [0, 0.05) is 46.1 Å². The van der Waals surface area contributed by atoms with Crippen LogP contribution in [0.2, 0.25) is 0 Å². The van der Waals surface area contributed by atoms with E-state index in [0.717, 1.165) is 58.2 Å². The first-order valence-electron chi connectivity index (χ1n) is 9.26. The Morgan fingerprint density at radius 2 is 2.04 bits per heavy atom. The molecule has 0 atom stereocenters. The number of halogens is 1. The number of hydrogen-bond donors (Lipinski definition) is 2. The Bertz CT molecular complexity index is 537. The van der Waals surface area contributed by atoms with E-state index < -0.39 is 0 Å². The summed E-state index contributed by atoms with van der Waals surface area (Å²) in [6.45, 7) is 5.09. The van der Waals surface area contributed by atoms with Crippen molar-refractivity contribution < 1.29 is 18.6 Å². The molecule has 0 spiro atoms. The van der Waals surface area contributed by atoms with E-state index in [9.17, 15) is 4.39 Å². The third kappa shape index (κ3) is 8.49. The van der Waals surface area contributed by atoms with Gasteiger partial charge in [0.15, 0.2) is 5.96 Å². The molecule has 2 N–H and O–H groups in total. The standard InChI is InChI=1S/C19H30FN3O3/c1-21-19(23-9-13-26-18-5-2-4-17(20)14-18)22-8-3-10-25-15-16-6-11-24-12-7-16/h2,4-5,14,16H,3,6-13,15H2,1H3,(H2,21,22,23). The summed E-state index contributed by atoms with van der Waals surface area (Å²) in [6.07, 6.45) is 3.13. The summed E-state index contributed by atoms with van der Waals surface area (Å²) in [7, 11) is 1.73. The van der Waals surface area contributed by atoms with Crippen molar-refractivity contribution in [1.29, 1.82) is 0 Å². The van der Waals surface area contributed by atoms with Gasteiger partial charge in [-0.15, -0.1) is 0 Å². The second-order valence-corrected chi connectivity index (χ2v) is 6.22. The largest absolute Gasteiger partial charge is 0.492 e. The van der Waals surface area contributed by atoms with Crippen molar-refractivity contribution in [3.8, 4) is 5.75 Å². The van der Waals surface area contributed by atoms with Gasteiger partial charge >= 0.3 is 0 Å². The van der Waals surface area contributed by atoms with Crippen molar-refractivity contribution in [3.05, 3.63) is 30.1 Å². The molecular weight excluding hydrogens is 337 g/mol. The Labute approximate surface area is 155 Å². The molecule has 2 rings (SSSR count). The van der Waals surface area contributed by atoms with Gasteiger partial charge in [-0.2, -0.15) is 0 Å². The zero-order chi connectivity index (χ0) is 18.5. The Hall–Kier alpha value is -1.86. The highest BCUT2D eigenvalue weighted by molar-refractivity contribution is 5.79. The molecule has 1 fully saturated rings. The zero-order valence-corrected chi connectivity index (χ0v) is 15.5. The number of rotatable bonds is 10. The predicted octanol–water partition coefficient (Wildman–Crippen LogP) is 2.20. The lowest BCUT2D eigenvalue weighted by Crippen LogP contribution is -2.39. The van der Waals surface area contributed by atoms with Gasteiger partial charge in [-0.3, -0.25) is 4.99 Å². The zero-order valence-electron chi connectivity index (χ0n) is 15.5. The second kappa shape index (κ2) is 12.5. The van der Waals surface area contributed by atoms with Crippen LogP contribution in [0.3, 0.4) is 0 Å². The molecule has 1 aliphatic rings. The molecule has 1 heterocycles. The number of aliphatic imine (C=N–C) groups is 1. The average Bonchev–Trinajstić information content (AvgIpc) is 2.67. The van der Waals surface area contributed by atoms with Crippen LogP contribution in [0.25, 0.3) is 0 Å². The molecule has 7 heteroatoms.